The van der Waals surface area contributed by atoms with Gasteiger partial charge >= 0.3 is 0 Å². The number of hydrogen-bond donors (Lipinski definition) is 1. The first-order chi connectivity index (χ1) is 12.0. The highest BCUT2D eigenvalue weighted by atomic mass is 16.5. The molecule has 1 amide bonds. The molecule has 2 atom stereocenters. The summed E-state index contributed by atoms with van der Waals surface area (Å²) in [7, 11) is 3.55. The Morgan fingerprint density at radius 3 is 2.80 bits per heavy atom. The van der Waals surface area contributed by atoms with Crippen LogP contribution in [0.3, 0.4) is 0 Å². The van der Waals surface area contributed by atoms with Gasteiger partial charge in [-0.25, -0.2) is 4.98 Å². The highest BCUT2D eigenvalue weighted by molar-refractivity contribution is 5.78. The smallest absolute Gasteiger partial charge is 0.226 e. The molecule has 1 aromatic heterocycles. The van der Waals surface area contributed by atoms with Gasteiger partial charge in [-0.2, -0.15) is 0 Å². The highest BCUT2D eigenvalue weighted by Crippen LogP contribution is 2.49. The van der Waals surface area contributed by atoms with E-state index in [1.54, 1.807) is 25.2 Å². The Bertz CT molecular complexity index is 597. The number of aryl methyl sites for hydroxylation is 1. The Balaban J connectivity index is 1.42. The van der Waals surface area contributed by atoms with Crippen molar-refractivity contribution in [1.29, 1.82) is 0 Å². The highest BCUT2D eigenvalue weighted by Gasteiger charge is 2.42. The Kier molecular flexibility index (Phi) is 5.94. The molecular weight excluding hydrogens is 314 g/mol. The number of aromatic nitrogens is 1. The number of piperidine rings is 1. The molecule has 1 saturated heterocycles. The lowest BCUT2D eigenvalue weighted by Gasteiger charge is -2.22. The summed E-state index contributed by atoms with van der Waals surface area (Å²) in [5, 5.41) is 3.45. The Morgan fingerprint density at radius 1 is 1.36 bits per heavy atom. The maximum Gasteiger partial charge on any atom is 0.226 e. The quantitative estimate of drug-likeness (QED) is 0.825. The Hall–Kier alpha value is -1.62. The molecular formula is C20H31N3O2. The van der Waals surface area contributed by atoms with Gasteiger partial charge in [0.1, 0.15) is 0 Å². The minimum absolute atomic E-state index is 0.0903. The monoisotopic (exact) mass is 345 g/mol. The van der Waals surface area contributed by atoms with Gasteiger partial charge in [-0.15, -0.1) is 0 Å². The van der Waals surface area contributed by atoms with Crippen molar-refractivity contribution < 1.29 is 9.53 Å². The lowest BCUT2D eigenvalue weighted by molar-refractivity contribution is -0.127. The van der Waals surface area contributed by atoms with Crippen LogP contribution in [-0.2, 0) is 11.2 Å². The summed E-state index contributed by atoms with van der Waals surface area (Å²) in [6, 6.07) is 2.01. The molecule has 2 aliphatic rings. The molecule has 1 aliphatic heterocycles. The number of likely N-dealkylation sites (N-methyl/N-ethyl adjacent to an activating group) is 1. The van der Waals surface area contributed by atoms with E-state index >= 15 is 0 Å². The lowest BCUT2D eigenvalue weighted by atomic mass is 9.91. The number of hydrogen-bond acceptors (Lipinski definition) is 4. The van der Waals surface area contributed by atoms with E-state index in [1.165, 1.54) is 32.4 Å². The van der Waals surface area contributed by atoms with E-state index in [-0.39, 0.29) is 5.91 Å². The van der Waals surface area contributed by atoms with Crippen molar-refractivity contribution in [2.45, 2.75) is 39.0 Å². The Morgan fingerprint density at radius 2 is 2.12 bits per heavy atom. The summed E-state index contributed by atoms with van der Waals surface area (Å²) >= 11 is 0. The molecule has 138 valence electrons. The van der Waals surface area contributed by atoms with Gasteiger partial charge < -0.3 is 15.0 Å². The van der Waals surface area contributed by atoms with Crippen molar-refractivity contribution in [2.24, 2.45) is 17.8 Å². The average Bonchev–Trinajstić information content (AvgIpc) is 3.37. The number of carbonyl (C=O) groups excluding carboxylic acids is 1. The van der Waals surface area contributed by atoms with Crippen LogP contribution in [0, 0.1) is 24.7 Å². The van der Waals surface area contributed by atoms with E-state index in [1.807, 2.05) is 13.0 Å². The summed E-state index contributed by atoms with van der Waals surface area (Å²) < 4.78 is 5.91. The summed E-state index contributed by atoms with van der Waals surface area (Å²) in [6.07, 6.45) is 7.36. The van der Waals surface area contributed by atoms with Crippen molar-refractivity contribution in [3.63, 3.8) is 0 Å². The summed E-state index contributed by atoms with van der Waals surface area (Å²) in [6.45, 7) is 5.13. The van der Waals surface area contributed by atoms with Gasteiger partial charge in [0.05, 0.1) is 13.0 Å². The van der Waals surface area contributed by atoms with Gasteiger partial charge in [0.15, 0.2) is 0 Å². The minimum atomic E-state index is 0.0903. The normalized spacial score (nSPS) is 23.3. The molecule has 0 aromatic carbocycles. The molecule has 25 heavy (non-hydrogen) atoms. The van der Waals surface area contributed by atoms with Gasteiger partial charge in [-0.05, 0) is 75.1 Å². The predicted molar refractivity (Wildman–Crippen MR) is 98.7 cm³/mol. The maximum absolute atomic E-state index is 11.8. The standard InChI is InChI=1S/C20H31N3O2/c1-14-10-15(11-19(24)23(2)3)13-22-20(14)25-9-6-17-12-18(17)16-4-7-21-8-5-16/h10,13,16-18,21H,4-9,11-12H2,1-3H3/t17?,18-/m1/s1. The first kappa shape index (κ1) is 18.2. The number of nitrogens with zero attached hydrogens (tertiary/aromatic N) is 2. The van der Waals surface area contributed by atoms with Crippen LogP contribution in [0.5, 0.6) is 5.88 Å². The van der Waals surface area contributed by atoms with Crippen molar-refractivity contribution in [3.05, 3.63) is 23.4 Å². The fraction of sp³-hybridized carbons (Fsp3) is 0.700. The molecule has 2 fully saturated rings. The largest absolute Gasteiger partial charge is 0.477 e. The van der Waals surface area contributed by atoms with E-state index < -0.39 is 0 Å². The zero-order valence-electron chi connectivity index (χ0n) is 15.8. The maximum atomic E-state index is 11.8. The van der Waals surface area contributed by atoms with Crippen LogP contribution in [0.1, 0.15) is 36.8 Å². The number of pyridine rings is 1. The number of carbonyl (C=O) groups is 1. The summed E-state index contributed by atoms with van der Waals surface area (Å²) in [4.78, 5) is 17.8. The number of rotatable bonds is 7. The molecule has 3 rings (SSSR count). The molecule has 5 nitrogen and oxygen atoms in total. The zero-order valence-corrected chi connectivity index (χ0v) is 15.8. The van der Waals surface area contributed by atoms with Crippen molar-refractivity contribution in [3.8, 4) is 5.88 Å². The van der Waals surface area contributed by atoms with Crippen LogP contribution in [-0.4, -0.2) is 49.6 Å². The average molecular weight is 345 g/mol. The van der Waals surface area contributed by atoms with E-state index in [0.717, 1.165) is 41.9 Å². The SMILES string of the molecule is Cc1cc(CC(=O)N(C)C)cnc1OCCC1C[C@@H]1C1CCNCC1. The van der Waals surface area contributed by atoms with Gasteiger partial charge in [0.25, 0.3) is 0 Å². The zero-order chi connectivity index (χ0) is 17.8. The second-order valence-corrected chi connectivity index (χ2v) is 7.81. The van der Waals surface area contributed by atoms with Crippen LogP contribution in [0.25, 0.3) is 0 Å². The number of ether oxygens (including phenoxy) is 1. The number of amides is 1. The molecule has 1 unspecified atom stereocenters. The molecule has 1 saturated carbocycles. The second kappa shape index (κ2) is 8.17. The molecule has 0 spiro atoms. The van der Waals surface area contributed by atoms with E-state index in [4.69, 9.17) is 4.74 Å². The summed E-state index contributed by atoms with van der Waals surface area (Å²) in [5.74, 6) is 3.51. The summed E-state index contributed by atoms with van der Waals surface area (Å²) in [5.41, 5.74) is 1.95. The third kappa shape index (κ3) is 4.94. The van der Waals surface area contributed by atoms with E-state index in [2.05, 4.69) is 10.3 Å². The Labute approximate surface area is 151 Å². The van der Waals surface area contributed by atoms with Gasteiger partial charge in [0.2, 0.25) is 11.8 Å². The lowest BCUT2D eigenvalue weighted by Crippen LogP contribution is -2.29. The third-order valence-corrected chi connectivity index (χ3v) is 5.64. The molecule has 1 aliphatic carbocycles. The van der Waals surface area contributed by atoms with Crippen molar-refractivity contribution in [2.75, 3.05) is 33.8 Å². The molecule has 0 bridgehead atoms. The van der Waals surface area contributed by atoms with Crippen LogP contribution < -0.4 is 10.1 Å². The van der Waals surface area contributed by atoms with Crippen LogP contribution in [0.4, 0.5) is 0 Å². The van der Waals surface area contributed by atoms with Crippen LogP contribution >= 0.6 is 0 Å². The van der Waals surface area contributed by atoms with Crippen molar-refractivity contribution in [1.82, 2.24) is 15.2 Å². The third-order valence-electron chi connectivity index (χ3n) is 5.64. The molecule has 1 aromatic rings. The first-order valence-electron chi connectivity index (χ1n) is 9.53. The first-order valence-corrected chi connectivity index (χ1v) is 9.53. The van der Waals surface area contributed by atoms with E-state index in [9.17, 15) is 4.79 Å². The van der Waals surface area contributed by atoms with Crippen LogP contribution in [0.2, 0.25) is 0 Å². The predicted octanol–water partition coefficient (Wildman–Crippen LogP) is 2.43. The van der Waals surface area contributed by atoms with Gasteiger partial charge in [-0.1, -0.05) is 0 Å². The fourth-order valence-corrected chi connectivity index (χ4v) is 3.96. The molecule has 2 heterocycles. The molecule has 1 N–H and O–H groups in total. The van der Waals surface area contributed by atoms with E-state index in [0.29, 0.717) is 12.3 Å². The van der Waals surface area contributed by atoms with Gasteiger partial charge in [0, 0.05) is 25.9 Å². The van der Waals surface area contributed by atoms with Gasteiger partial charge in [-0.3, -0.25) is 4.79 Å². The molecule has 5 heteroatoms. The topological polar surface area (TPSA) is 54.5 Å². The van der Waals surface area contributed by atoms with Crippen molar-refractivity contribution >= 4 is 5.91 Å². The fourth-order valence-electron chi connectivity index (χ4n) is 3.96. The number of nitrogens with one attached hydrogen (secondary N) is 1. The molecule has 0 radical (unpaired) electrons. The van der Waals surface area contributed by atoms with Crippen LogP contribution in [0.15, 0.2) is 12.3 Å². The minimum Gasteiger partial charge on any atom is -0.477 e. The second-order valence-electron chi connectivity index (χ2n) is 7.81.